The van der Waals surface area contributed by atoms with Crippen molar-refractivity contribution in [3.63, 3.8) is 0 Å². The van der Waals surface area contributed by atoms with E-state index < -0.39 is 31.3 Å². The van der Waals surface area contributed by atoms with Crippen LogP contribution in [-0.2, 0) is 4.74 Å². The van der Waals surface area contributed by atoms with Crippen molar-refractivity contribution < 1.29 is 36.6 Å². The van der Waals surface area contributed by atoms with E-state index in [1.54, 1.807) is 0 Å². The Morgan fingerprint density at radius 3 is 2.12 bits per heavy atom. The normalized spacial score (nSPS) is 12.6. The minimum absolute atomic E-state index is 0.0447. The Balaban J connectivity index is 4.56. The maximum Gasteiger partial charge on any atom is 0.455 e. The Hall–Kier alpha value is -1.12. The summed E-state index contributed by atoms with van der Waals surface area (Å²) in [6.07, 6.45) is -7.63. The van der Waals surface area contributed by atoms with Crippen molar-refractivity contribution in [1.29, 1.82) is 0 Å². The van der Waals surface area contributed by atoms with Crippen LogP contribution in [0.25, 0.3) is 0 Å². The number of rotatable bonds is 5. The number of hydrogen-bond donors (Lipinski definition) is 1. The van der Waals surface area contributed by atoms with E-state index in [0.29, 0.717) is 0 Å². The molecule has 1 N–H and O–H groups in total. The van der Waals surface area contributed by atoms with Gasteiger partial charge in [-0.2, -0.15) is 22.0 Å². The van der Waals surface area contributed by atoms with Crippen molar-refractivity contribution in [2.75, 3.05) is 26.8 Å². The van der Waals surface area contributed by atoms with Crippen molar-refractivity contribution >= 4 is 6.09 Å². The number of halogens is 5. The Morgan fingerprint density at radius 1 is 1.31 bits per heavy atom. The zero-order chi connectivity index (χ0) is 13.0. The first-order valence-corrected chi connectivity index (χ1v) is 4.03. The molecule has 16 heavy (non-hydrogen) atoms. The molecule has 0 spiro atoms. The van der Waals surface area contributed by atoms with Gasteiger partial charge in [0.2, 0.25) is 0 Å². The number of carbonyl (C=O) groups is 1. The molecule has 0 aromatic heterocycles. The predicted octanol–water partition coefficient (Wildman–Crippen LogP) is 1.81. The lowest BCUT2D eigenvalue weighted by Crippen LogP contribution is -2.49. The molecule has 0 aliphatic carbocycles. The number of carboxylic acid groups (broad SMARTS) is 1. The van der Waals surface area contributed by atoms with Crippen LogP contribution in [0.2, 0.25) is 0 Å². The van der Waals surface area contributed by atoms with Gasteiger partial charge in [-0.15, -0.1) is 0 Å². The molecule has 0 aromatic carbocycles. The molecular formula is C7H10F5NO3. The van der Waals surface area contributed by atoms with Crippen LogP contribution in [0.15, 0.2) is 0 Å². The van der Waals surface area contributed by atoms with Gasteiger partial charge >= 0.3 is 18.2 Å². The fourth-order valence-electron chi connectivity index (χ4n) is 0.773. The second-order valence-electron chi connectivity index (χ2n) is 2.90. The van der Waals surface area contributed by atoms with Gasteiger partial charge in [-0.25, -0.2) is 4.79 Å². The minimum atomic E-state index is -5.77. The van der Waals surface area contributed by atoms with Crippen molar-refractivity contribution in [2.24, 2.45) is 0 Å². The van der Waals surface area contributed by atoms with Crippen molar-refractivity contribution in [2.45, 2.75) is 12.1 Å². The maximum absolute atomic E-state index is 12.5. The first kappa shape index (κ1) is 14.9. The SMILES string of the molecule is COCCN(CC(F)(F)C(F)(F)F)C(=O)O. The average molecular weight is 251 g/mol. The molecule has 0 rings (SSSR count). The third kappa shape index (κ3) is 4.17. The molecule has 0 fully saturated rings. The summed E-state index contributed by atoms with van der Waals surface area (Å²) in [6.45, 7) is -2.76. The van der Waals surface area contributed by atoms with E-state index in [2.05, 4.69) is 4.74 Å². The molecule has 0 aliphatic heterocycles. The van der Waals surface area contributed by atoms with Crippen molar-refractivity contribution in [1.82, 2.24) is 4.90 Å². The van der Waals surface area contributed by atoms with Gasteiger partial charge in [-0.1, -0.05) is 0 Å². The van der Waals surface area contributed by atoms with Crippen LogP contribution in [-0.4, -0.2) is 55.0 Å². The fraction of sp³-hybridized carbons (Fsp3) is 0.857. The fourth-order valence-corrected chi connectivity index (χ4v) is 0.773. The zero-order valence-electron chi connectivity index (χ0n) is 8.22. The first-order chi connectivity index (χ1) is 7.12. The van der Waals surface area contributed by atoms with Gasteiger partial charge in [0.1, 0.15) is 0 Å². The van der Waals surface area contributed by atoms with Crippen LogP contribution in [0.3, 0.4) is 0 Å². The largest absolute Gasteiger partial charge is 0.465 e. The maximum atomic E-state index is 12.5. The highest BCUT2D eigenvalue weighted by Crippen LogP contribution is 2.35. The molecule has 96 valence electrons. The molecule has 0 heterocycles. The second-order valence-corrected chi connectivity index (χ2v) is 2.90. The standard InChI is InChI=1S/C7H10F5NO3/c1-16-3-2-13(5(14)15)4-6(8,9)7(10,11)12/h2-4H2,1H3,(H,14,15). The molecule has 4 nitrogen and oxygen atoms in total. The second kappa shape index (κ2) is 5.28. The third-order valence-corrected chi connectivity index (χ3v) is 1.64. The summed E-state index contributed by atoms with van der Waals surface area (Å²) in [7, 11) is 1.17. The highest BCUT2D eigenvalue weighted by Gasteiger charge is 2.58. The topological polar surface area (TPSA) is 49.8 Å². The highest BCUT2D eigenvalue weighted by atomic mass is 19.4. The Bertz CT molecular complexity index is 243. The lowest BCUT2D eigenvalue weighted by Gasteiger charge is -2.26. The molecular weight excluding hydrogens is 241 g/mol. The molecule has 0 saturated carbocycles. The van der Waals surface area contributed by atoms with Gasteiger partial charge in [-0.3, -0.25) is 4.90 Å². The van der Waals surface area contributed by atoms with E-state index in [0.717, 1.165) is 0 Å². The smallest absolute Gasteiger partial charge is 0.455 e. The van der Waals surface area contributed by atoms with E-state index in [1.807, 2.05) is 0 Å². The van der Waals surface area contributed by atoms with Crippen LogP contribution < -0.4 is 0 Å². The first-order valence-electron chi connectivity index (χ1n) is 4.03. The average Bonchev–Trinajstić information content (AvgIpc) is 2.09. The molecule has 0 saturated heterocycles. The summed E-state index contributed by atoms with van der Waals surface area (Å²) >= 11 is 0. The van der Waals surface area contributed by atoms with Gasteiger partial charge < -0.3 is 9.84 Å². The van der Waals surface area contributed by atoms with E-state index in [4.69, 9.17) is 5.11 Å². The molecule has 0 radical (unpaired) electrons. The Labute approximate surface area is 87.6 Å². The molecule has 0 atom stereocenters. The summed E-state index contributed by atoms with van der Waals surface area (Å²) < 4.78 is 64.7. The van der Waals surface area contributed by atoms with Gasteiger partial charge in [0.05, 0.1) is 13.2 Å². The van der Waals surface area contributed by atoms with Crippen LogP contribution in [0.4, 0.5) is 26.7 Å². The summed E-state index contributed by atoms with van der Waals surface area (Å²) in [6, 6.07) is 0. The Morgan fingerprint density at radius 2 is 1.81 bits per heavy atom. The molecule has 0 bridgehead atoms. The van der Waals surface area contributed by atoms with Crippen LogP contribution in [0.5, 0.6) is 0 Å². The van der Waals surface area contributed by atoms with E-state index in [-0.39, 0.29) is 11.5 Å². The summed E-state index contributed by atoms with van der Waals surface area (Å²) in [5, 5.41) is 8.40. The molecule has 0 unspecified atom stereocenters. The third-order valence-electron chi connectivity index (χ3n) is 1.64. The van der Waals surface area contributed by atoms with Gasteiger partial charge in [0, 0.05) is 13.7 Å². The molecule has 9 heteroatoms. The lowest BCUT2D eigenvalue weighted by atomic mass is 10.3. The van der Waals surface area contributed by atoms with Crippen molar-refractivity contribution in [3.05, 3.63) is 0 Å². The van der Waals surface area contributed by atoms with Crippen LogP contribution >= 0.6 is 0 Å². The zero-order valence-corrected chi connectivity index (χ0v) is 8.22. The molecule has 0 aromatic rings. The van der Waals surface area contributed by atoms with E-state index in [1.165, 1.54) is 7.11 Å². The van der Waals surface area contributed by atoms with E-state index in [9.17, 15) is 26.7 Å². The van der Waals surface area contributed by atoms with Gasteiger partial charge in [-0.05, 0) is 0 Å². The summed E-state index contributed by atoms with van der Waals surface area (Å²) in [4.78, 5) is 10.3. The Kier molecular flexibility index (Phi) is 4.91. The minimum Gasteiger partial charge on any atom is -0.465 e. The number of amides is 1. The molecule has 1 amide bonds. The lowest BCUT2D eigenvalue weighted by molar-refractivity contribution is -0.285. The number of alkyl halides is 5. The van der Waals surface area contributed by atoms with Crippen LogP contribution in [0, 0.1) is 0 Å². The molecule has 0 aliphatic rings. The van der Waals surface area contributed by atoms with Crippen LogP contribution in [0.1, 0.15) is 0 Å². The summed E-state index contributed by atoms with van der Waals surface area (Å²) in [5.74, 6) is -5.07. The number of nitrogens with zero attached hydrogens (tertiary/aromatic N) is 1. The quantitative estimate of drug-likeness (QED) is 0.758. The number of hydrogen-bond acceptors (Lipinski definition) is 2. The predicted molar refractivity (Wildman–Crippen MR) is 42.5 cm³/mol. The van der Waals surface area contributed by atoms with E-state index >= 15 is 0 Å². The highest BCUT2D eigenvalue weighted by molar-refractivity contribution is 5.65. The van der Waals surface area contributed by atoms with Gasteiger partial charge in [0.15, 0.2) is 0 Å². The van der Waals surface area contributed by atoms with Gasteiger partial charge in [0.25, 0.3) is 0 Å². The summed E-state index contributed by atoms with van der Waals surface area (Å²) in [5.41, 5.74) is 0. The number of ether oxygens (including phenoxy) is 1. The number of methoxy groups -OCH3 is 1. The monoisotopic (exact) mass is 251 g/mol. The van der Waals surface area contributed by atoms with Crippen molar-refractivity contribution in [3.8, 4) is 0 Å².